The van der Waals surface area contributed by atoms with E-state index in [9.17, 15) is 4.79 Å². The highest BCUT2D eigenvalue weighted by Gasteiger charge is 2.30. The van der Waals surface area contributed by atoms with E-state index < -0.39 is 5.60 Å². The molecule has 1 amide bonds. The molecule has 2 aliphatic rings. The van der Waals surface area contributed by atoms with Crippen LogP contribution in [0, 0.1) is 5.92 Å². The van der Waals surface area contributed by atoms with Gasteiger partial charge in [0, 0.05) is 32.4 Å². The van der Waals surface area contributed by atoms with E-state index in [2.05, 4.69) is 29.2 Å². The van der Waals surface area contributed by atoms with E-state index in [4.69, 9.17) is 4.74 Å². The molecule has 3 rings (SSSR count). The summed E-state index contributed by atoms with van der Waals surface area (Å²) in [5.74, 6) is 1.26. The Labute approximate surface area is 152 Å². The summed E-state index contributed by atoms with van der Waals surface area (Å²) in [5, 5.41) is 0. The van der Waals surface area contributed by atoms with Crippen LogP contribution in [0.5, 0.6) is 0 Å². The Balaban J connectivity index is 1.58. The summed E-state index contributed by atoms with van der Waals surface area (Å²) in [5.41, 5.74) is 2.50. The summed E-state index contributed by atoms with van der Waals surface area (Å²) < 4.78 is 5.47. The maximum Gasteiger partial charge on any atom is 0.410 e. The average molecular weight is 344 g/mol. The molecule has 4 heteroatoms. The summed E-state index contributed by atoms with van der Waals surface area (Å²) in [6.45, 7) is 8.60. The van der Waals surface area contributed by atoms with Crippen molar-refractivity contribution in [3.8, 4) is 0 Å². The van der Waals surface area contributed by atoms with Crippen LogP contribution >= 0.6 is 0 Å². The molecule has 0 spiro atoms. The molecule has 138 valence electrons. The van der Waals surface area contributed by atoms with Crippen molar-refractivity contribution in [1.82, 2.24) is 4.90 Å². The van der Waals surface area contributed by atoms with Crippen LogP contribution in [-0.4, -0.2) is 43.3 Å². The number of anilines is 1. The maximum absolute atomic E-state index is 12.2. The fourth-order valence-electron chi connectivity index (χ4n) is 3.84. The number of hydrogen-bond donors (Lipinski definition) is 0. The third kappa shape index (κ3) is 4.47. The lowest BCUT2D eigenvalue weighted by atomic mass is 9.79. The Morgan fingerprint density at radius 3 is 2.60 bits per heavy atom. The monoisotopic (exact) mass is 344 g/mol. The average Bonchev–Trinajstić information content (AvgIpc) is 2.92. The largest absolute Gasteiger partial charge is 0.444 e. The highest BCUT2D eigenvalue weighted by molar-refractivity contribution is 5.67. The van der Waals surface area contributed by atoms with Crippen LogP contribution in [0.2, 0.25) is 0 Å². The Bertz CT molecular complexity index is 604. The summed E-state index contributed by atoms with van der Waals surface area (Å²) in [7, 11) is 1.85. The first kappa shape index (κ1) is 18.1. The van der Waals surface area contributed by atoms with Gasteiger partial charge in [0.15, 0.2) is 0 Å². The Morgan fingerprint density at radius 2 is 1.96 bits per heavy atom. The van der Waals surface area contributed by atoms with Crippen LogP contribution in [0.1, 0.15) is 57.9 Å². The SMILES string of the molecule is CN(C[C@@H]1CCN(c2ccccc2C2CCC2)C1)C(=O)OC(C)(C)C. The molecule has 1 saturated carbocycles. The summed E-state index contributed by atoms with van der Waals surface area (Å²) in [6, 6.07) is 8.89. The van der Waals surface area contributed by atoms with Gasteiger partial charge in [-0.25, -0.2) is 4.79 Å². The summed E-state index contributed by atoms with van der Waals surface area (Å²) in [6.07, 6.45) is 4.93. The van der Waals surface area contributed by atoms with E-state index in [0.29, 0.717) is 5.92 Å². The summed E-state index contributed by atoms with van der Waals surface area (Å²) in [4.78, 5) is 16.4. The molecular formula is C21H32N2O2. The van der Waals surface area contributed by atoms with Crippen molar-refractivity contribution in [3.05, 3.63) is 29.8 Å². The second kappa shape index (κ2) is 7.27. The van der Waals surface area contributed by atoms with Crippen molar-refractivity contribution in [2.24, 2.45) is 5.92 Å². The number of carbonyl (C=O) groups excluding carboxylic acids is 1. The molecule has 0 N–H and O–H groups in total. The zero-order valence-corrected chi connectivity index (χ0v) is 16.1. The number of para-hydroxylation sites is 1. The number of nitrogens with zero attached hydrogens (tertiary/aromatic N) is 2. The normalized spacial score (nSPS) is 21.1. The van der Waals surface area contributed by atoms with E-state index in [1.165, 1.54) is 30.5 Å². The third-order valence-corrected chi connectivity index (χ3v) is 5.35. The molecule has 1 heterocycles. The van der Waals surface area contributed by atoms with Crippen molar-refractivity contribution in [2.75, 3.05) is 31.6 Å². The van der Waals surface area contributed by atoms with Gasteiger partial charge < -0.3 is 14.5 Å². The predicted octanol–water partition coefficient (Wildman–Crippen LogP) is 4.65. The summed E-state index contributed by atoms with van der Waals surface area (Å²) >= 11 is 0. The number of benzene rings is 1. The van der Waals surface area contributed by atoms with Gasteiger partial charge in [-0.15, -0.1) is 0 Å². The molecule has 1 aromatic rings. The van der Waals surface area contributed by atoms with Gasteiger partial charge in [0.25, 0.3) is 0 Å². The molecular weight excluding hydrogens is 312 g/mol. The van der Waals surface area contributed by atoms with Crippen molar-refractivity contribution in [3.63, 3.8) is 0 Å². The lowest BCUT2D eigenvalue weighted by molar-refractivity contribution is 0.0277. The van der Waals surface area contributed by atoms with Gasteiger partial charge in [0.2, 0.25) is 0 Å². The molecule has 0 aromatic heterocycles. The Morgan fingerprint density at radius 1 is 1.24 bits per heavy atom. The van der Waals surface area contributed by atoms with Gasteiger partial charge in [-0.1, -0.05) is 24.6 Å². The molecule has 0 radical (unpaired) electrons. The maximum atomic E-state index is 12.2. The van der Waals surface area contributed by atoms with Crippen LogP contribution in [0.3, 0.4) is 0 Å². The van der Waals surface area contributed by atoms with Gasteiger partial charge in [-0.05, 0) is 63.5 Å². The van der Waals surface area contributed by atoms with Gasteiger partial charge in [-0.3, -0.25) is 0 Å². The first-order chi connectivity index (χ1) is 11.8. The minimum atomic E-state index is -0.436. The molecule has 1 atom stereocenters. The third-order valence-electron chi connectivity index (χ3n) is 5.35. The molecule has 0 bridgehead atoms. The zero-order chi connectivity index (χ0) is 18.0. The zero-order valence-electron chi connectivity index (χ0n) is 16.1. The molecule has 25 heavy (non-hydrogen) atoms. The van der Waals surface area contributed by atoms with Crippen molar-refractivity contribution >= 4 is 11.8 Å². The Hall–Kier alpha value is -1.71. The van der Waals surface area contributed by atoms with Crippen molar-refractivity contribution < 1.29 is 9.53 Å². The number of rotatable bonds is 4. The van der Waals surface area contributed by atoms with E-state index in [1.807, 2.05) is 27.8 Å². The van der Waals surface area contributed by atoms with Gasteiger partial charge in [0.1, 0.15) is 5.60 Å². The predicted molar refractivity (Wildman–Crippen MR) is 102 cm³/mol. The van der Waals surface area contributed by atoms with Crippen LogP contribution in [0.25, 0.3) is 0 Å². The van der Waals surface area contributed by atoms with Crippen molar-refractivity contribution in [1.29, 1.82) is 0 Å². The quantitative estimate of drug-likeness (QED) is 0.797. The fourth-order valence-corrected chi connectivity index (χ4v) is 3.84. The second-order valence-corrected chi connectivity index (χ2v) is 8.65. The van der Waals surface area contributed by atoms with E-state index in [0.717, 1.165) is 32.0 Å². The molecule has 4 nitrogen and oxygen atoms in total. The van der Waals surface area contributed by atoms with Crippen LogP contribution < -0.4 is 4.90 Å². The van der Waals surface area contributed by atoms with Crippen LogP contribution in [-0.2, 0) is 4.74 Å². The molecule has 1 aliphatic heterocycles. The van der Waals surface area contributed by atoms with E-state index in [-0.39, 0.29) is 6.09 Å². The molecule has 0 unspecified atom stereocenters. The number of carbonyl (C=O) groups is 1. The standard InChI is InChI=1S/C21H32N2O2/c1-21(2,3)25-20(24)22(4)14-16-12-13-23(15-16)19-11-6-5-10-18(19)17-8-7-9-17/h5-6,10-11,16-17H,7-9,12-15H2,1-4H3/t16-/m0/s1. The van der Waals surface area contributed by atoms with E-state index >= 15 is 0 Å². The molecule has 1 aromatic carbocycles. The van der Waals surface area contributed by atoms with Gasteiger partial charge in [0.05, 0.1) is 0 Å². The highest BCUT2D eigenvalue weighted by atomic mass is 16.6. The first-order valence-electron chi connectivity index (χ1n) is 9.61. The molecule has 2 fully saturated rings. The Kier molecular flexibility index (Phi) is 5.26. The number of ether oxygens (including phenoxy) is 1. The van der Waals surface area contributed by atoms with Crippen molar-refractivity contribution in [2.45, 2.75) is 58.0 Å². The minimum Gasteiger partial charge on any atom is -0.444 e. The first-order valence-corrected chi connectivity index (χ1v) is 9.61. The highest BCUT2D eigenvalue weighted by Crippen LogP contribution is 2.41. The molecule has 1 saturated heterocycles. The second-order valence-electron chi connectivity index (χ2n) is 8.65. The van der Waals surface area contributed by atoms with E-state index in [1.54, 1.807) is 4.90 Å². The number of amides is 1. The van der Waals surface area contributed by atoms with Gasteiger partial charge >= 0.3 is 6.09 Å². The fraction of sp³-hybridized carbons (Fsp3) is 0.667. The molecule has 1 aliphatic carbocycles. The van der Waals surface area contributed by atoms with Crippen LogP contribution in [0.4, 0.5) is 10.5 Å². The number of hydrogen-bond acceptors (Lipinski definition) is 3. The lowest BCUT2D eigenvalue weighted by Gasteiger charge is -2.31. The van der Waals surface area contributed by atoms with Gasteiger partial charge in [-0.2, -0.15) is 0 Å². The minimum absolute atomic E-state index is 0.221. The van der Waals surface area contributed by atoms with Crippen LogP contribution in [0.15, 0.2) is 24.3 Å². The lowest BCUT2D eigenvalue weighted by Crippen LogP contribution is -2.37. The smallest absolute Gasteiger partial charge is 0.410 e. The topological polar surface area (TPSA) is 32.8 Å².